The molecule has 21 nitrogen and oxygen atoms in total. The van der Waals surface area contributed by atoms with Crippen LogP contribution in [0.3, 0.4) is 0 Å². The van der Waals surface area contributed by atoms with Gasteiger partial charge < -0.3 is 41.7 Å². The average molecular weight is 1800 g/mol. The number of phenolic OH excluding ortho intramolecular Hbond substituents is 4. The Kier molecular flexibility index (Phi) is 30.2. The van der Waals surface area contributed by atoms with Gasteiger partial charge in [-0.1, -0.05) is 274 Å². The normalized spacial score (nSPS) is 10.5. The van der Waals surface area contributed by atoms with Crippen LogP contribution < -0.4 is 21.8 Å². The van der Waals surface area contributed by atoms with Crippen LogP contribution in [0, 0.1) is 0 Å². The summed E-state index contributed by atoms with van der Waals surface area (Å²) in [7, 11) is 0. The van der Waals surface area contributed by atoms with Gasteiger partial charge in [-0.05, 0) is 117 Å². The number of H-pyrrole nitrogens is 5. The molecular formula is C105H90N10O11S4. The molecule has 130 heavy (non-hydrogen) atoms. The molecular weight excluding hydrogens is 1710 g/mol. The van der Waals surface area contributed by atoms with E-state index in [1.807, 2.05) is 274 Å². The molecule has 8 heterocycles. The number of aromatic amines is 5. The lowest BCUT2D eigenvalue weighted by atomic mass is 9.96. The molecule has 0 bridgehead atoms. The Hall–Kier alpha value is -15.9. The fraction of sp³-hybridized carbons (Fsp3) is 0.0762. The summed E-state index contributed by atoms with van der Waals surface area (Å²) < 4.78 is 8.17. The van der Waals surface area contributed by atoms with Gasteiger partial charge >= 0.3 is 0 Å². The molecule has 0 unspecified atom stereocenters. The zero-order chi connectivity index (χ0) is 92.1. The number of nitrogen functional groups attached to an aromatic ring is 2. The number of hydrogen-bond acceptors (Lipinski definition) is 20. The van der Waals surface area contributed by atoms with Crippen LogP contribution in [-0.2, 0) is 4.79 Å². The van der Waals surface area contributed by atoms with Gasteiger partial charge in [0.1, 0.15) is 34.6 Å². The van der Waals surface area contributed by atoms with Crippen molar-refractivity contribution in [2.75, 3.05) is 11.5 Å². The van der Waals surface area contributed by atoms with Gasteiger partial charge in [0, 0.05) is 108 Å². The number of aromatic nitrogens is 8. The SMILES string of the molecule is CC.CC.CC.CC.Nc1[nH]ncc1-c1ccc(-c2c(C(=O)c3ccccc3)sc3cc(O)ccc23)cc1.Nc1[nH]ncc1-c1ccc(-c2c(C(=O)c3ccccc3)sc3cc(O)ccc23)cc1.O=C(c1ccccc1)c1sc2cc(O)ccc2c1-c1ccc(-c2c[nH][nH]c2=O)cc1.O=COc1cc(-c2ccc(-c3c(C(=O)c4ccccc4)sc4cc(O)ccc34)cc2)[nH]n1. The summed E-state index contributed by atoms with van der Waals surface area (Å²) in [5, 5.41) is 68.8. The lowest BCUT2D eigenvalue weighted by Crippen LogP contribution is -2.01. The lowest BCUT2D eigenvalue weighted by molar-refractivity contribution is -0.121. The first-order valence-corrected chi connectivity index (χ1v) is 45.1. The predicted molar refractivity (Wildman–Crippen MR) is 529 cm³/mol. The van der Waals surface area contributed by atoms with E-state index < -0.39 is 0 Å². The van der Waals surface area contributed by atoms with Crippen molar-refractivity contribution in [3.8, 4) is 118 Å². The average Bonchev–Trinajstić information content (AvgIpc) is 1.59. The Balaban J connectivity index is 0.000000144. The van der Waals surface area contributed by atoms with E-state index >= 15 is 0 Å². The van der Waals surface area contributed by atoms with E-state index in [1.54, 1.807) is 97.5 Å². The van der Waals surface area contributed by atoms with Crippen molar-refractivity contribution in [2.24, 2.45) is 0 Å². The highest BCUT2D eigenvalue weighted by Gasteiger charge is 2.27. The maximum atomic E-state index is 13.3. The summed E-state index contributed by atoms with van der Waals surface area (Å²) >= 11 is 5.53. The number of rotatable bonds is 18. The van der Waals surface area contributed by atoms with Gasteiger partial charge in [0.05, 0.1) is 43.2 Å². The molecule has 0 fully saturated rings. The summed E-state index contributed by atoms with van der Waals surface area (Å²) in [5.41, 5.74) is 27.7. The molecule has 650 valence electrons. The van der Waals surface area contributed by atoms with Crippen molar-refractivity contribution in [3.05, 3.63) is 368 Å². The number of carbonyl (C=O) groups excluding carboxylic acids is 5. The molecule has 0 saturated carbocycles. The van der Waals surface area contributed by atoms with Gasteiger partial charge in [-0.25, -0.2) is 0 Å². The van der Waals surface area contributed by atoms with Crippen LogP contribution in [0.1, 0.15) is 116 Å². The van der Waals surface area contributed by atoms with Crippen molar-refractivity contribution in [3.63, 3.8) is 0 Å². The molecule has 0 atom stereocenters. The maximum absolute atomic E-state index is 13.3. The van der Waals surface area contributed by atoms with Crippen molar-refractivity contribution in [1.29, 1.82) is 0 Å². The van der Waals surface area contributed by atoms with E-state index in [0.29, 0.717) is 71.1 Å². The van der Waals surface area contributed by atoms with E-state index in [2.05, 4.69) is 40.8 Å². The molecule has 0 aliphatic heterocycles. The third-order valence-corrected chi connectivity index (χ3v) is 24.9. The Morgan fingerprint density at radius 3 is 0.862 bits per heavy atom. The van der Waals surface area contributed by atoms with E-state index in [0.717, 1.165) is 118 Å². The number of ether oxygens (including phenoxy) is 1. The highest BCUT2D eigenvalue weighted by atomic mass is 32.1. The number of nitrogens with one attached hydrogen (secondary N) is 5. The first-order chi connectivity index (χ1) is 63.5. The Morgan fingerprint density at radius 2 is 0.608 bits per heavy atom. The van der Waals surface area contributed by atoms with Crippen LogP contribution in [0.5, 0.6) is 28.9 Å². The minimum atomic E-state index is -0.181. The molecule has 13 N–H and O–H groups in total. The molecule has 0 saturated heterocycles. The molecule has 20 rings (SSSR count). The highest BCUT2D eigenvalue weighted by Crippen LogP contribution is 2.47. The highest BCUT2D eigenvalue weighted by molar-refractivity contribution is 7.23. The summed E-state index contributed by atoms with van der Waals surface area (Å²) in [6.07, 6.45) is 5.01. The first kappa shape index (κ1) is 91.8. The quantitative estimate of drug-likeness (QED) is 0.0281. The number of hydrogen-bond donors (Lipinski definition) is 11. The Labute approximate surface area is 764 Å². The maximum Gasteiger partial charge on any atom is 0.299 e. The van der Waals surface area contributed by atoms with Crippen LogP contribution in [0.4, 0.5) is 11.6 Å². The molecule has 20 aromatic rings. The fourth-order valence-electron chi connectivity index (χ4n) is 14.4. The largest absolute Gasteiger partial charge is 0.508 e. The number of ketones is 4. The van der Waals surface area contributed by atoms with Crippen LogP contribution in [0.2, 0.25) is 0 Å². The second kappa shape index (κ2) is 42.8. The summed E-state index contributed by atoms with van der Waals surface area (Å²) in [5.74, 6) is 1.72. The van der Waals surface area contributed by atoms with E-state index in [4.69, 9.17) is 16.2 Å². The molecule has 12 aromatic carbocycles. The smallest absolute Gasteiger partial charge is 0.299 e. The number of phenols is 4. The van der Waals surface area contributed by atoms with Crippen LogP contribution in [-0.4, -0.2) is 90.8 Å². The standard InChI is InChI=1S/C25H16N2O4S.2C24H17N3O2S.C24H16N2O3S.4C2H6/c28-14-31-22-13-20(26-27-22)15-6-8-16(9-7-15)23-19-11-10-18(29)12-21(19)32-25(23)24(30)17-4-2-1-3-5-17;2*25-24-19(13-26-27-24)14-6-8-15(9-7-14)21-18-11-10-17(28)12-20(18)30-23(21)22(29)16-4-2-1-3-5-16;27-17-10-11-18-20(12-17)30-23(22(28)16-4-2-1-3-5-16)21(18)15-8-6-14(7-9-15)19-13-25-26-24(19)29;4*1-2/h1-14,29H,(H,26,27);2*1-13,28H,(H3,25,26,27);1-13,27H,(H2,25,26,29);4*1-2H3. The van der Waals surface area contributed by atoms with Crippen molar-refractivity contribution in [2.45, 2.75) is 55.4 Å². The van der Waals surface area contributed by atoms with E-state index in [9.17, 15) is 49.2 Å². The number of carbonyl (C=O) groups is 5. The second-order valence-corrected chi connectivity index (χ2v) is 32.1. The monoisotopic (exact) mass is 1790 g/mol. The van der Waals surface area contributed by atoms with Crippen LogP contribution in [0.15, 0.2) is 321 Å². The fourth-order valence-corrected chi connectivity index (χ4v) is 19.3. The number of fused-ring (bicyclic) bond motifs is 4. The third kappa shape index (κ3) is 20.1. The Bertz CT molecular complexity index is 7140. The van der Waals surface area contributed by atoms with Crippen LogP contribution in [0.25, 0.3) is 129 Å². The number of nitrogens with two attached hydrogens (primary N) is 2. The molecule has 0 amide bonds. The molecule has 25 heteroatoms. The van der Waals surface area contributed by atoms with Gasteiger partial charge in [-0.15, -0.1) is 50.4 Å². The summed E-state index contributed by atoms with van der Waals surface area (Å²) in [6, 6.07) is 90.2. The molecule has 0 spiro atoms. The number of nitrogens with zero attached hydrogens (tertiary/aromatic N) is 3. The zero-order valence-electron chi connectivity index (χ0n) is 71.9. The number of benzene rings is 12. The van der Waals surface area contributed by atoms with Crippen molar-refractivity contribution < 1.29 is 49.1 Å². The van der Waals surface area contributed by atoms with Crippen LogP contribution >= 0.6 is 45.3 Å². The second-order valence-electron chi connectivity index (χ2n) is 27.9. The molecule has 0 aliphatic carbocycles. The molecule has 8 aromatic heterocycles. The number of aromatic hydroxyl groups is 4. The first-order valence-electron chi connectivity index (χ1n) is 41.8. The van der Waals surface area contributed by atoms with Gasteiger partial charge in [-0.3, -0.25) is 49.2 Å². The topological polar surface area (TPSA) is 362 Å². The number of anilines is 2. The zero-order valence-corrected chi connectivity index (χ0v) is 75.1. The third-order valence-electron chi connectivity index (χ3n) is 20.3. The van der Waals surface area contributed by atoms with Crippen molar-refractivity contribution >= 4 is 127 Å². The van der Waals surface area contributed by atoms with Gasteiger partial charge in [0.2, 0.25) is 29.0 Å². The van der Waals surface area contributed by atoms with Gasteiger partial charge in [0.15, 0.2) is 0 Å². The predicted octanol–water partition coefficient (Wildman–Crippen LogP) is 25.7. The van der Waals surface area contributed by atoms with Gasteiger partial charge in [-0.2, -0.15) is 10.2 Å². The van der Waals surface area contributed by atoms with Gasteiger partial charge in [0.25, 0.3) is 12.0 Å². The minimum absolute atomic E-state index is 0.0329. The summed E-state index contributed by atoms with van der Waals surface area (Å²) in [4.78, 5) is 78.2. The van der Waals surface area contributed by atoms with E-state index in [1.165, 1.54) is 45.3 Å². The molecule has 0 aliphatic rings. The number of thiophene rings is 4. The summed E-state index contributed by atoms with van der Waals surface area (Å²) in [6.45, 7) is 16.3. The van der Waals surface area contributed by atoms with E-state index in [-0.39, 0.29) is 57.6 Å². The lowest BCUT2D eigenvalue weighted by Gasteiger charge is -2.07. The Morgan fingerprint density at radius 1 is 0.338 bits per heavy atom. The minimum Gasteiger partial charge on any atom is -0.508 e. The molecule has 0 radical (unpaired) electrons. The van der Waals surface area contributed by atoms with Crippen molar-refractivity contribution in [1.82, 2.24) is 40.8 Å².